The summed E-state index contributed by atoms with van der Waals surface area (Å²) in [6.07, 6.45) is -5.06. The quantitative estimate of drug-likeness (QED) is 0.819. The van der Waals surface area contributed by atoms with E-state index in [-0.39, 0.29) is 11.5 Å². The van der Waals surface area contributed by atoms with Gasteiger partial charge in [0.1, 0.15) is 4.99 Å². The van der Waals surface area contributed by atoms with Crippen molar-refractivity contribution in [1.29, 1.82) is 0 Å². The van der Waals surface area contributed by atoms with Gasteiger partial charge in [0, 0.05) is 17.8 Å². The normalized spacial score (nSPS) is 11.3. The van der Waals surface area contributed by atoms with Gasteiger partial charge in [-0.1, -0.05) is 24.4 Å². The van der Waals surface area contributed by atoms with Crippen LogP contribution in [0.1, 0.15) is 17.5 Å². The Kier molecular flexibility index (Phi) is 4.34. The Morgan fingerprint density at radius 3 is 2.59 bits per heavy atom. The molecule has 0 bridgehead atoms. The van der Waals surface area contributed by atoms with Gasteiger partial charge in [-0.3, -0.25) is 0 Å². The van der Waals surface area contributed by atoms with Crippen LogP contribution in [-0.4, -0.2) is 17.7 Å². The van der Waals surface area contributed by atoms with Crippen molar-refractivity contribution >= 4 is 22.9 Å². The monoisotopic (exact) mass is 262 g/mol. The number of benzene rings is 1. The average Bonchev–Trinajstić information content (AvgIpc) is 2.18. The summed E-state index contributed by atoms with van der Waals surface area (Å²) < 4.78 is 36.1. The molecule has 0 saturated carbocycles. The van der Waals surface area contributed by atoms with E-state index in [0.717, 1.165) is 5.56 Å². The molecule has 0 spiro atoms. The van der Waals surface area contributed by atoms with Crippen LogP contribution in [-0.2, 0) is 0 Å². The first kappa shape index (κ1) is 13.8. The molecule has 0 aliphatic heterocycles. The molecule has 1 aromatic carbocycles. The number of hydrogen-bond donors (Lipinski definition) is 2. The fourth-order valence-corrected chi connectivity index (χ4v) is 1.61. The third-order valence-corrected chi connectivity index (χ3v) is 2.47. The molecule has 0 fully saturated rings. The molecule has 3 N–H and O–H groups in total. The molecule has 0 aromatic heterocycles. The molecule has 0 amide bonds. The topological polar surface area (TPSA) is 38.0 Å². The number of rotatable bonds is 4. The first-order valence-corrected chi connectivity index (χ1v) is 5.42. The number of anilines is 1. The van der Waals surface area contributed by atoms with E-state index in [4.69, 9.17) is 18.0 Å². The lowest BCUT2D eigenvalue weighted by Gasteiger charge is -2.14. The number of aryl methyl sites for hydroxylation is 1. The van der Waals surface area contributed by atoms with Crippen LogP contribution in [0.2, 0.25) is 0 Å². The average molecular weight is 262 g/mol. The maximum absolute atomic E-state index is 12.0. The van der Waals surface area contributed by atoms with E-state index in [2.05, 4.69) is 5.32 Å². The van der Waals surface area contributed by atoms with E-state index in [1.807, 2.05) is 0 Å². The van der Waals surface area contributed by atoms with E-state index in [1.54, 1.807) is 25.1 Å². The lowest BCUT2D eigenvalue weighted by atomic mass is 10.1. The molecule has 1 rings (SSSR count). The van der Waals surface area contributed by atoms with Crippen molar-refractivity contribution in [1.82, 2.24) is 0 Å². The number of halogens is 3. The molecule has 0 radical (unpaired) electrons. The second-order valence-corrected chi connectivity index (χ2v) is 4.09. The highest BCUT2D eigenvalue weighted by atomic mass is 32.1. The highest BCUT2D eigenvalue weighted by molar-refractivity contribution is 7.80. The third-order valence-electron chi connectivity index (χ3n) is 2.25. The zero-order chi connectivity index (χ0) is 13.1. The van der Waals surface area contributed by atoms with Crippen molar-refractivity contribution in [3.63, 3.8) is 0 Å². The minimum Gasteiger partial charge on any atom is -0.389 e. The fourth-order valence-electron chi connectivity index (χ4n) is 1.44. The molecule has 0 atom stereocenters. The van der Waals surface area contributed by atoms with Gasteiger partial charge >= 0.3 is 6.18 Å². The number of nitrogens with two attached hydrogens (primary N) is 1. The Morgan fingerprint density at radius 2 is 2.06 bits per heavy atom. The van der Waals surface area contributed by atoms with Crippen LogP contribution in [0, 0.1) is 6.92 Å². The Bertz CT molecular complexity index is 416. The van der Waals surface area contributed by atoms with E-state index in [9.17, 15) is 13.2 Å². The Balaban J connectivity index is 2.79. The number of thiocarbonyl (C=S) groups is 1. The van der Waals surface area contributed by atoms with Crippen LogP contribution < -0.4 is 11.1 Å². The minimum absolute atomic E-state index is 0.170. The summed E-state index contributed by atoms with van der Waals surface area (Å²) in [5.74, 6) is 0. The maximum Gasteiger partial charge on any atom is 0.390 e. The molecular formula is C11H13F3N2S. The van der Waals surface area contributed by atoms with Crippen molar-refractivity contribution in [3.8, 4) is 0 Å². The zero-order valence-electron chi connectivity index (χ0n) is 9.27. The first-order valence-electron chi connectivity index (χ1n) is 5.01. The van der Waals surface area contributed by atoms with Gasteiger partial charge in [0.15, 0.2) is 0 Å². The molecule has 0 aliphatic carbocycles. The summed E-state index contributed by atoms with van der Waals surface area (Å²) in [6, 6.07) is 5.24. The molecule has 0 heterocycles. The Morgan fingerprint density at radius 1 is 1.41 bits per heavy atom. The molecule has 6 heteroatoms. The SMILES string of the molecule is Cc1cccc(C(N)=S)c1NCCC(F)(F)F. The zero-order valence-corrected chi connectivity index (χ0v) is 10.1. The van der Waals surface area contributed by atoms with E-state index in [1.165, 1.54) is 0 Å². The van der Waals surface area contributed by atoms with E-state index < -0.39 is 12.6 Å². The maximum atomic E-state index is 12.0. The molecule has 0 saturated heterocycles. The standard InChI is InChI=1S/C11H13F3N2S/c1-7-3-2-4-8(10(15)17)9(7)16-6-5-11(12,13)14/h2-4,16H,5-6H2,1H3,(H2,15,17). The Hall–Kier alpha value is -1.30. The minimum atomic E-state index is -4.17. The largest absolute Gasteiger partial charge is 0.390 e. The molecule has 2 nitrogen and oxygen atoms in total. The molecule has 0 unspecified atom stereocenters. The van der Waals surface area contributed by atoms with Crippen LogP contribution in [0.25, 0.3) is 0 Å². The van der Waals surface area contributed by atoms with Crippen molar-refractivity contribution in [2.75, 3.05) is 11.9 Å². The van der Waals surface area contributed by atoms with Gasteiger partial charge < -0.3 is 11.1 Å². The van der Waals surface area contributed by atoms with E-state index in [0.29, 0.717) is 11.3 Å². The molecular weight excluding hydrogens is 249 g/mol. The fraction of sp³-hybridized carbons (Fsp3) is 0.364. The smallest absolute Gasteiger partial charge is 0.389 e. The number of alkyl halides is 3. The summed E-state index contributed by atoms with van der Waals surface area (Å²) >= 11 is 4.85. The van der Waals surface area contributed by atoms with Crippen molar-refractivity contribution in [2.24, 2.45) is 5.73 Å². The Labute approximate surface area is 103 Å². The second-order valence-electron chi connectivity index (χ2n) is 3.65. The van der Waals surface area contributed by atoms with Gasteiger partial charge in [0.2, 0.25) is 0 Å². The van der Waals surface area contributed by atoms with Gasteiger partial charge in [-0.25, -0.2) is 0 Å². The van der Waals surface area contributed by atoms with Crippen LogP contribution in [0.15, 0.2) is 18.2 Å². The number of para-hydroxylation sites is 1. The van der Waals surface area contributed by atoms with Crippen molar-refractivity contribution in [3.05, 3.63) is 29.3 Å². The highest BCUT2D eigenvalue weighted by Gasteiger charge is 2.26. The van der Waals surface area contributed by atoms with Crippen LogP contribution in [0.5, 0.6) is 0 Å². The van der Waals surface area contributed by atoms with Crippen molar-refractivity contribution < 1.29 is 13.2 Å². The van der Waals surface area contributed by atoms with Crippen LogP contribution >= 0.6 is 12.2 Å². The summed E-state index contributed by atoms with van der Waals surface area (Å²) in [5, 5.41) is 2.73. The lowest BCUT2D eigenvalue weighted by Crippen LogP contribution is -2.18. The molecule has 94 valence electrons. The predicted molar refractivity (Wildman–Crippen MR) is 66.2 cm³/mol. The molecule has 17 heavy (non-hydrogen) atoms. The summed E-state index contributed by atoms with van der Waals surface area (Å²) in [6.45, 7) is 1.60. The summed E-state index contributed by atoms with van der Waals surface area (Å²) in [7, 11) is 0. The van der Waals surface area contributed by atoms with Crippen molar-refractivity contribution in [2.45, 2.75) is 19.5 Å². The second kappa shape index (κ2) is 5.35. The molecule has 1 aromatic rings. The third kappa shape index (κ3) is 4.22. The van der Waals surface area contributed by atoms with Gasteiger partial charge in [0.25, 0.3) is 0 Å². The van der Waals surface area contributed by atoms with E-state index >= 15 is 0 Å². The van der Waals surface area contributed by atoms with Gasteiger partial charge in [-0.2, -0.15) is 13.2 Å². The van der Waals surface area contributed by atoms with Gasteiger partial charge in [-0.15, -0.1) is 0 Å². The molecule has 0 aliphatic rings. The summed E-state index contributed by atoms with van der Waals surface area (Å²) in [5.41, 5.74) is 7.47. The lowest BCUT2D eigenvalue weighted by molar-refractivity contribution is -0.131. The van der Waals surface area contributed by atoms with Gasteiger partial charge in [0.05, 0.1) is 6.42 Å². The van der Waals surface area contributed by atoms with Gasteiger partial charge in [-0.05, 0) is 18.6 Å². The van der Waals surface area contributed by atoms with Crippen LogP contribution in [0.3, 0.4) is 0 Å². The number of nitrogens with one attached hydrogen (secondary N) is 1. The first-order chi connectivity index (χ1) is 7.81. The summed E-state index contributed by atoms with van der Waals surface area (Å²) in [4.78, 5) is 0.170. The predicted octanol–water partition coefficient (Wildman–Crippen LogP) is 2.99. The number of hydrogen-bond acceptors (Lipinski definition) is 2. The highest BCUT2D eigenvalue weighted by Crippen LogP contribution is 2.23. The van der Waals surface area contributed by atoms with Crippen LogP contribution in [0.4, 0.5) is 18.9 Å².